The van der Waals surface area contributed by atoms with Gasteiger partial charge in [-0.15, -0.1) is 0 Å². The highest BCUT2D eigenvalue weighted by molar-refractivity contribution is 6.31. The van der Waals surface area contributed by atoms with Crippen LogP contribution in [0.4, 0.5) is 0 Å². The van der Waals surface area contributed by atoms with Crippen molar-refractivity contribution < 1.29 is 19.4 Å². The van der Waals surface area contributed by atoms with Crippen LogP contribution in [0.1, 0.15) is 34.8 Å². The van der Waals surface area contributed by atoms with E-state index in [9.17, 15) is 9.59 Å². The number of fused-ring (bicyclic) bond motifs is 2. The Morgan fingerprint density at radius 3 is 2.61 bits per heavy atom. The molecule has 184 valence electrons. The van der Waals surface area contributed by atoms with Gasteiger partial charge < -0.3 is 14.7 Å². The molecule has 2 heterocycles. The van der Waals surface area contributed by atoms with Gasteiger partial charge in [-0.3, -0.25) is 9.48 Å². The molecule has 0 saturated heterocycles. The van der Waals surface area contributed by atoms with E-state index in [0.29, 0.717) is 34.4 Å². The van der Waals surface area contributed by atoms with E-state index in [1.165, 1.54) is 0 Å². The van der Waals surface area contributed by atoms with Gasteiger partial charge in [0.05, 0.1) is 23.8 Å². The first kappa shape index (κ1) is 24.2. The Kier molecular flexibility index (Phi) is 6.60. The number of hydrogen-bond donors (Lipinski definition) is 1. The number of hydrogen-bond acceptors (Lipinski definition) is 4. The summed E-state index contributed by atoms with van der Waals surface area (Å²) >= 11 is 12.5. The molecule has 1 atom stereocenters. The van der Waals surface area contributed by atoms with Gasteiger partial charge in [-0.2, -0.15) is 5.10 Å². The minimum Gasteiger partial charge on any atom is -0.482 e. The van der Waals surface area contributed by atoms with Crippen molar-refractivity contribution in [3.63, 3.8) is 0 Å². The van der Waals surface area contributed by atoms with Gasteiger partial charge in [-0.05, 0) is 54.4 Å². The number of rotatable bonds is 7. The smallest absolute Gasteiger partial charge is 0.341 e. The fourth-order valence-electron chi connectivity index (χ4n) is 4.79. The molecule has 1 aliphatic rings. The molecule has 0 bridgehead atoms. The van der Waals surface area contributed by atoms with Gasteiger partial charge >= 0.3 is 5.97 Å². The van der Waals surface area contributed by atoms with Crippen molar-refractivity contribution in [2.45, 2.75) is 32.5 Å². The summed E-state index contributed by atoms with van der Waals surface area (Å²) in [6, 6.07) is 18.0. The Balaban J connectivity index is 1.46. The first-order chi connectivity index (χ1) is 17.3. The summed E-state index contributed by atoms with van der Waals surface area (Å²) in [5.74, 6) is -0.772. The maximum Gasteiger partial charge on any atom is 0.341 e. The summed E-state index contributed by atoms with van der Waals surface area (Å²) in [5.41, 5.74) is 4.38. The van der Waals surface area contributed by atoms with Crippen LogP contribution in [0, 0.1) is 6.92 Å². The van der Waals surface area contributed by atoms with E-state index < -0.39 is 18.6 Å². The van der Waals surface area contributed by atoms with Crippen molar-refractivity contribution in [1.29, 1.82) is 0 Å². The lowest BCUT2D eigenvalue weighted by atomic mass is 9.97. The van der Waals surface area contributed by atoms with E-state index in [1.807, 2.05) is 54.1 Å². The minimum atomic E-state index is -1.09. The number of carbonyl (C=O) groups is 2. The number of aryl methyl sites for hydroxylation is 2. The molecule has 1 aliphatic heterocycles. The second-order valence-corrected chi connectivity index (χ2v) is 9.58. The van der Waals surface area contributed by atoms with E-state index in [-0.39, 0.29) is 12.3 Å². The molecule has 0 fully saturated rings. The van der Waals surface area contributed by atoms with E-state index in [2.05, 4.69) is 5.10 Å². The predicted molar refractivity (Wildman–Crippen MR) is 138 cm³/mol. The van der Waals surface area contributed by atoms with Crippen LogP contribution in [-0.2, 0) is 22.7 Å². The Morgan fingerprint density at radius 1 is 1.06 bits per heavy atom. The SMILES string of the molecule is Cc1nn(CCC(=O)N2Cc3ccccc3C2c2cc(Cl)ccc2OCC(=O)O)c2cc(Cl)ccc12. The fraction of sp³-hybridized carbons (Fsp3) is 0.222. The van der Waals surface area contributed by atoms with Crippen molar-refractivity contribution in [2.75, 3.05) is 6.61 Å². The molecule has 1 aromatic heterocycles. The maximum atomic E-state index is 13.6. The number of ether oxygens (including phenoxy) is 1. The number of carboxylic acids is 1. The number of aliphatic carboxylic acids is 1. The second-order valence-electron chi connectivity index (χ2n) is 8.71. The Labute approximate surface area is 217 Å². The molecule has 0 saturated carbocycles. The van der Waals surface area contributed by atoms with Gasteiger partial charge in [-0.25, -0.2) is 4.79 Å². The van der Waals surface area contributed by atoms with Crippen molar-refractivity contribution in [3.8, 4) is 5.75 Å². The first-order valence-corrected chi connectivity index (χ1v) is 12.2. The van der Waals surface area contributed by atoms with Crippen LogP contribution >= 0.6 is 23.2 Å². The number of aromatic nitrogens is 2. The number of carbonyl (C=O) groups excluding carboxylic acids is 1. The summed E-state index contributed by atoms with van der Waals surface area (Å²) in [5, 5.41) is 15.8. The quantitative estimate of drug-likeness (QED) is 0.339. The van der Waals surface area contributed by atoms with Crippen LogP contribution < -0.4 is 4.74 Å². The molecule has 9 heteroatoms. The van der Waals surface area contributed by atoms with Gasteiger partial charge in [0.1, 0.15) is 5.75 Å². The molecule has 1 N–H and O–H groups in total. The lowest BCUT2D eigenvalue weighted by Gasteiger charge is -2.27. The lowest BCUT2D eigenvalue weighted by Crippen LogP contribution is -2.31. The minimum absolute atomic E-state index is 0.0660. The highest BCUT2D eigenvalue weighted by Crippen LogP contribution is 2.43. The van der Waals surface area contributed by atoms with Crippen molar-refractivity contribution >= 4 is 46.0 Å². The largest absolute Gasteiger partial charge is 0.482 e. The third-order valence-corrected chi connectivity index (χ3v) is 6.85. The summed E-state index contributed by atoms with van der Waals surface area (Å²) in [6.45, 7) is 2.25. The number of amides is 1. The van der Waals surface area contributed by atoms with Gasteiger partial charge in [0.25, 0.3) is 0 Å². The Morgan fingerprint density at radius 2 is 1.81 bits per heavy atom. The third-order valence-electron chi connectivity index (χ3n) is 6.38. The van der Waals surface area contributed by atoms with Crippen LogP contribution in [-0.4, -0.2) is 38.3 Å². The molecule has 0 radical (unpaired) electrons. The molecule has 1 unspecified atom stereocenters. The van der Waals surface area contributed by atoms with E-state index in [4.69, 9.17) is 33.0 Å². The first-order valence-electron chi connectivity index (χ1n) is 11.5. The van der Waals surface area contributed by atoms with Gasteiger partial charge in [-0.1, -0.05) is 47.5 Å². The standard InChI is InChI=1S/C27H23Cl2N3O4/c1-16-20-8-6-19(29)13-23(20)32(30-16)11-10-25(33)31-14-17-4-2-3-5-21(17)27(31)22-12-18(28)7-9-24(22)36-15-26(34)35/h2-9,12-13,27H,10-11,14-15H2,1H3,(H,34,35). The van der Waals surface area contributed by atoms with Crippen molar-refractivity contribution in [2.24, 2.45) is 0 Å². The van der Waals surface area contributed by atoms with Crippen LogP contribution in [0.5, 0.6) is 5.75 Å². The normalized spacial score (nSPS) is 14.8. The van der Waals surface area contributed by atoms with E-state index in [0.717, 1.165) is 27.7 Å². The Bertz CT molecular complexity index is 1480. The molecular formula is C27H23Cl2N3O4. The molecular weight excluding hydrogens is 501 g/mol. The van der Waals surface area contributed by atoms with Gasteiger partial charge in [0.15, 0.2) is 6.61 Å². The third kappa shape index (κ3) is 4.64. The second kappa shape index (κ2) is 9.84. The zero-order valence-electron chi connectivity index (χ0n) is 19.4. The number of halogens is 2. The average molecular weight is 524 g/mol. The molecule has 3 aromatic carbocycles. The monoisotopic (exact) mass is 523 g/mol. The molecule has 1 amide bonds. The van der Waals surface area contributed by atoms with E-state index in [1.54, 1.807) is 23.1 Å². The van der Waals surface area contributed by atoms with Crippen LogP contribution in [0.25, 0.3) is 10.9 Å². The molecule has 4 aromatic rings. The summed E-state index contributed by atoms with van der Waals surface area (Å²) in [4.78, 5) is 26.6. The fourth-order valence-corrected chi connectivity index (χ4v) is 5.13. The predicted octanol–water partition coefficient (Wildman–Crippen LogP) is 5.64. The summed E-state index contributed by atoms with van der Waals surface area (Å²) < 4.78 is 7.39. The molecule has 5 rings (SSSR count). The highest BCUT2D eigenvalue weighted by Gasteiger charge is 2.36. The lowest BCUT2D eigenvalue weighted by molar-refractivity contribution is -0.139. The van der Waals surface area contributed by atoms with Crippen LogP contribution in [0.2, 0.25) is 10.0 Å². The van der Waals surface area contributed by atoms with E-state index >= 15 is 0 Å². The van der Waals surface area contributed by atoms with Crippen molar-refractivity contribution in [1.82, 2.24) is 14.7 Å². The van der Waals surface area contributed by atoms with Gasteiger partial charge in [0.2, 0.25) is 5.91 Å². The van der Waals surface area contributed by atoms with Gasteiger partial charge in [0, 0.05) is 34.0 Å². The average Bonchev–Trinajstić information content (AvgIpc) is 3.39. The molecule has 36 heavy (non-hydrogen) atoms. The number of carboxylic acid groups (broad SMARTS) is 1. The molecule has 7 nitrogen and oxygen atoms in total. The Hall–Kier alpha value is -3.55. The van der Waals surface area contributed by atoms with Crippen LogP contribution in [0.3, 0.4) is 0 Å². The number of benzene rings is 3. The van der Waals surface area contributed by atoms with Crippen molar-refractivity contribution in [3.05, 3.63) is 93.1 Å². The molecule has 0 spiro atoms. The zero-order valence-corrected chi connectivity index (χ0v) is 21.0. The maximum absolute atomic E-state index is 13.6. The van der Waals surface area contributed by atoms with Crippen LogP contribution in [0.15, 0.2) is 60.7 Å². The highest BCUT2D eigenvalue weighted by atomic mass is 35.5. The zero-order chi connectivity index (χ0) is 25.4. The number of nitrogens with zero attached hydrogens (tertiary/aromatic N) is 3. The topological polar surface area (TPSA) is 84.7 Å². The summed E-state index contributed by atoms with van der Waals surface area (Å²) in [7, 11) is 0. The molecule has 0 aliphatic carbocycles. The summed E-state index contributed by atoms with van der Waals surface area (Å²) in [6.07, 6.45) is 0.221.